The number of hydrogen-bond donors (Lipinski definition) is 1. The lowest BCUT2D eigenvalue weighted by Crippen LogP contribution is -2.37. The molecule has 0 radical (unpaired) electrons. The number of hydrogen-bond acceptors (Lipinski definition) is 3. The van der Waals surface area contributed by atoms with Crippen LogP contribution >= 0.6 is 0 Å². The molecule has 1 aliphatic rings. The van der Waals surface area contributed by atoms with E-state index in [4.69, 9.17) is 4.74 Å². The van der Waals surface area contributed by atoms with Crippen molar-refractivity contribution in [3.05, 3.63) is 0 Å². The number of esters is 1. The Hall–Kier alpha value is -0.570. The Bertz CT molecular complexity index is 227. The predicted octanol–water partition coefficient (Wildman–Crippen LogP) is 2.52. The van der Waals surface area contributed by atoms with Crippen LogP contribution in [0.4, 0.5) is 0 Å². The van der Waals surface area contributed by atoms with Crippen LogP contribution in [0.15, 0.2) is 0 Å². The Kier molecular flexibility index (Phi) is 4.78. The predicted molar refractivity (Wildman–Crippen MR) is 63.0 cm³/mol. The average molecular weight is 228 g/mol. The van der Waals surface area contributed by atoms with Crippen LogP contribution in [0.25, 0.3) is 0 Å². The first kappa shape index (κ1) is 13.5. The highest BCUT2D eigenvalue weighted by atomic mass is 16.5. The van der Waals surface area contributed by atoms with Crippen molar-refractivity contribution in [1.82, 2.24) is 0 Å². The summed E-state index contributed by atoms with van der Waals surface area (Å²) in [7, 11) is 0. The van der Waals surface area contributed by atoms with E-state index in [1.54, 1.807) is 6.92 Å². The second-order valence-electron chi connectivity index (χ2n) is 5.29. The molecule has 1 fully saturated rings. The monoisotopic (exact) mass is 228 g/mol. The normalized spacial score (nSPS) is 30.4. The SMILES string of the molecule is CCOC(=O)CC1(O)CCC(C(C)C)CC1. The maximum absolute atomic E-state index is 11.3. The fourth-order valence-electron chi connectivity index (χ4n) is 2.50. The average Bonchev–Trinajstić information content (AvgIpc) is 2.17. The van der Waals surface area contributed by atoms with E-state index in [1.165, 1.54) is 0 Å². The molecule has 3 nitrogen and oxygen atoms in total. The van der Waals surface area contributed by atoms with Crippen molar-refractivity contribution in [2.24, 2.45) is 11.8 Å². The molecule has 1 rings (SSSR count). The Morgan fingerprint density at radius 2 is 2.00 bits per heavy atom. The van der Waals surface area contributed by atoms with Gasteiger partial charge in [0.05, 0.1) is 18.6 Å². The standard InChI is InChI=1S/C13H24O3/c1-4-16-12(14)9-13(15)7-5-11(6-8-13)10(2)3/h10-11,15H,4-9H2,1-3H3. The minimum atomic E-state index is -0.808. The van der Waals surface area contributed by atoms with Gasteiger partial charge < -0.3 is 9.84 Å². The van der Waals surface area contributed by atoms with Crippen LogP contribution in [-0.2, 0) is 9.53 Å². The third-order valence-corrected chi connectivity index (χ3v) is 3.68. The molecule has 0 spiro atoms. The van der Waals surface area contributed by atoms with Crippen molar-refractivity contribution >= 4 is 5.97 Å². The first-order valence-corrected chi connectivity index (χ1v) is 6.35. The van der Waals surface area contributed by atoms with E-state index in [0.717, 1.165) is 25.7 Å². The zero-order chi connectivity index (χ0) is 12.2. The number of carbonyl (C=O) groups excluding carboxylic acids is 1. The molecule has 0 amide bonds. The molecule has 0 aromatic rings. The Labute approximate surface area is 98.2 Å². The quantitative estimate of drug-likeness (QED) is 0.752. The van der Waals surface area contributed by atoms with E-state index >= 15 is 0 Å². The van der Waals surface area contributed by atoms with Crippen molar-refractivity contribution in [3.63, 3.8) is 0 Å². The van der Waals surface area contributed by atoms with Crippen molar-refractivity contribution < 1.29 is 14.6 Å². The summed E-state index contributed by atoms with van der Waals surface area (Å²) in [5, 5.41) is 10.3. The molecule has 0 aromatic heterocycles. The largest absolute Gasteiger partial charge is 0.466 e. The lowest BCUT2D eigenvalue weighted by atomic mass is 9.73. The van der Waals surface area contributed by atoms with Crippen LogP contribution in [-0.4, -0.2) is 23.3 Å². The summed E-state index contributed by atoms with van der Waals surface area (Å²) in [6, 6.07) is 0. The van der Waals surface area contributed by atoms with Crippen LogP contribution in [0.1, 0.15) is 52.9 Å². The highest BCUT2D eigenvalue weighted by Gasteiger charge is 2.36. The van der Waals surface area contributed by atoms with E-state index < -0.39 is 5.60 Å². The van der Waals surface area contributed by atoms with Crippen LogP contribution in [0.2, 0.25) is 0 Å². The highest BCUT2D eigenvalue weighted by Crippen LogP contribution is 2.37. The molecule has 0 unspecified atom stereocenters. The molecule has 0 atom stereocenters. The molecule has 1 saturated carbocycles. The molecule has 94 valence electrons. The number of carbonyl (C=O) groups is 1. The Morgan fingerprint density at radius 1 is 1.44 bits per heavy atom. The van der Waals surface area contributed by atoms with E-state index in [2.05, 4.69) is 13.8 Å². The number of rotatable bonds is 4. The van der Waals surface area contributed by atoms with Gasteiger partial charge in [0.1, 0.15) is 0 Å². The summed E-state index contributed by atoms with van der Waals surface area (Å²) < 4.78 is 4.89. The Morgan fingerprint density at radius 3 is 2.44 bits per heavy atom. The minimum Gasteiger partial charge on any atom is -0.466 e. The maximum atomic E-state index is 11.3. The van der Waals surface area contributed by atoms with Gasteiger partial charge in [0.15, 0.2) is 0 Å². The number of ether oxygens (including phenoxy) is 1. The van der Waals surface area contributed by atoms with Gasteiger partial charge >= 0.3 is 5.97 Å². The zero-order valence-electron chi connectivity index (χ0n) is 10.7. The summed E-state index contributed by atoms with van der Waals surface area (Å²) in [6.45, 7) is 6.63. The van der Waals surface area contributed by atoms with Gasteiger partial charge in [-0.25, -0.2) is 0 Å². The van der Waals surface area contributed by atoms with Gasteiger partial charge in [-0.2, -0.15) is 0 Å². The summed E-state index contributed by atoms with van der Waals surface area (Å²) in [5.74, 6) is 1.10. The van der Waals surface area contributed by atoms with Gasteiger partial charge in [0.2, 0.25) is 0 Å². The second kappa shape index (κ2) is 5.67. The minimum absolute atomic E-state index is 0.158. The van der Waals surface area contributed by atoms with Gasteiger partial charge in [-0.3, -0.25) is 4.79 Å². The fraction of sp³-hybridized carbons (Fsp3) is 0.923. The molecule has 0 heterocycles. The lowest BCUT2D eigenvalue weighted by molar-refractivity contribution is -0.150. The van der Waals surface area contributed by atoms with Crippen LogP contribution < -0.4 is 0 Å². The van der Waals surface area contributed by atoms with Crippen molar-refractivity contribution in [1.29, 1.82) is 0 Å². The molecule has 0 bridgehead atoms. The van der Waals surface area contributed by atoms with Gasteiger partial charge in [0.25, 0.3) is 0 Å². The van der Waals surface area contributed by atoms with Crippen LogP contribution in [0.3, 0.4) is 0 Å². The molecule has 1 N–H and O–H groups in total. The fourth-order valence-corrected chi connectivity index (χ4v) is 2.50. The van der Waals surface area contributed by atoms with Gasteiger partial charge in [0, 0.05) is 0 Å². The van der Waals surface area contributed by atoms with Crippen molar-refractivity contribution in [2.75, 3.05) is 6.61 Å². The first-order valence-electron chi connectivity index (χ1n) is 6.35. The molecule has 0 saturated heterocycles. The van der Waals surface area contributed by atoms with E-state index in [9.17, 15) is 9.90 Å². The van der Waals surface area contributed by atoms with Crippen molar-refractivity contribution in [3.8, 4) is 0 Å². The van der Waals surface area contributed by atoms with Crippen molar-refractivity contribution in [2.45, 2.75) is 58.5 Å². The smallest absolute Gasteiger partial charge is 0.308 e. The molecule has 16 heavy (non-hydrogen) atoms. The maximum Gasteiger partial charge on any atom is 0.308 e. The van der Waals surface area contributed by atoms with E-state index in [1.807, 2.05) is 0 Å². The van der Waals surface area contributed by atoms with Crippen LogP contribution in [0.5, 0.6) is 0 Å². The highest BCUT2D eigenvalue weighted by molar-refractivity contribution is 5.70. The summed E-state index contributed by atoms with van der Waals surface area (Å²) in [5.41, 5.74) is -0.808. The summed E-state index contributed by atoms with van der Waals surface area (Å²) in [6.07, 6.45) is 3.66. The molecule has 0 aromatic carbocycles. The zero-order valence-corrected chi connectivity index (χ0v) is 10.7. The third kappa shape index (κ3) is 3.78. The summed E-state index contributed by atoms with van der Waals surface area (Å²) >= 11 is 0. The molecular weight excluding hydrogens is 204 g/mol. The van der Waals surface area contributed by atoms with Gasteiger partial charge in [-0.05, 0) is 44.4 Å². The van der Waals surface area contributed by atoms with Gasteiger partial charge in [-0.1, -0.05) is 13.8 Å². The molecule has 1 aliphatic carbocycles. The third-order valence-electron chi connectivity index (χ3n) is 3.68. The first-order chi connectivity index (χ1) is 7.47. The van der Waals surface area contributed by atoms with E-state index in [0.29, 0.717) is 18.4 Å². The molecule has 3 heteroatoms. The van der Waals surface area contributed by atoms with Gasteiger partial charge in [-0.15, -0.1) is 0 Å². The molecule has 0 aliphatic heterocycles. The topological polar surface area (TPSA) is 46.5 Å². The number of aliphatic hydroxyl groups is 1. The van der Waals surface area contributed by atoms with E-state index in [-0.39, 0.29) is 12.4 Å². The molecular formula is C13H24O3. The lowest BCUT2D eigenvalue weighted by Gasteiger charge is -2.36. The summed E-state index contributed by atoms with van der Waals surface area (Å²) in [4.78, 5) is 11.3. The van der Waals surface area contributed by atoms with Crippen LogP contribution in [0, 0.1) is 11.8 Å². The second-order valence-corrected chi connectivity index (χ2v) is 5.29. The Balaban J connectivity index is 2.40.